The van der Waals surface area contributed by atoms with Gasteiger partial charge in [-0.15, -0.1) is 0 Å². The van der Waals surface area contributed by atoms with Gasteiger partial charge in [-0.3, -0.25) is 4.79 Å². The Balaban J connectivity index is 1.87. The Hall–Kier alpha value is -1.55. The molecule has 1 aliphatic heterocycles. The maximum absolute atomic E-state index is 12.1. The number of nitrogens with zero attached hydrogens (tertiary/aromatic N) is 1. The van der Waals surface area contributed by atoms with E-state index in [1.54, 1.807) is 0 Å². The molecule has 0 aromatic heterocycles. The molecule has 0 spiro atoms. The Morgan fingerprint density at radius 3 is 2.72 bits per heavy atom. The molecule has 2 aliphatic rings. The number of nitrogens with two attached hydrogens (primary N) is 2. The Morgan fingerprint density at radius 2 is 2.11 bits per heavy atom. The molecule has 0 atom stereocenters. The molecule has 1 aliphatic carbocycles. The summed E-state index contributed by atoms with van der Waals surface area (Å²) in [6.07, 6.45) is 3.98. The third-order valence-corrected chi connectivity index (χ3v) is 4.38. The molecule has 18 heavy (non-hydrogen) atoms. The Morgan fingerprint density at radius 1 is 1.33 bits per heavy atom. The van der Waals surface area contributed by atoms with E-state index in [-0.39, 0.29) is 11.3 Å². The Kier molecular flexibility index (Phi) is 2.55. The van der Waals surface area contributed by atoms with Gasteiger partial charge in [0, 0.05) is 23.3 Å². The summed E-state index contributed by atoms with van der Waals surface area (Å²) in [5.41, 5.74) is 14.6. The van der Waals surface area contributed by atoms with E-state index in [0.717, 1.165) is 36.3 Å². The molecular formula is C14H19N3O. The van der Waals surface area contributed by atoms with Gasteiger partial charge in [-0.1, -0.05) is 6.42 Å². The van der Waals surface area contributed by atoms with Gasteiger partial charge in [0.2, 0.25) is 5.91 Å². The number of carbonyl (C=O) groups is 1. The first-order valence-electron chi connectivity index (χ1n) is 6.52. The monoisotopic (exact) mass is 245 g/mol. The van der Waals surface area contributed by atoms with Crippen LogP contribution in [0.1, 0.15) is 24.8 Å². The number of hydrogen-bond acceptors (Lipinski definition) is 3. The molecule has 0 unspecified atom stereocenters. The largest absolute Gasteiger partial charge is 0.399 e. The van der Waals surface area contributed by atoms with Crippen molar-refractivity contribution < 1.29 is 4.79 Å². The number of nitrogen functional groups attached to an aromatic ring is 1. The van der Waals surface area contributed by atoms with Gasteiger partial charge < -0.3 is 16.4 Å². The maximum Gasteiger partial charge on any atom is 0.231 e. The summed E-state index contributed by atoms with van der Waals surface area (Å²) in [7, 11) is 0. The normalized spacial score (nSPS) is 20.7. The fraction of sp³-hybridized carbons (Fsp3) is 0.500. The van der Waals surface area contributed by atoms with Crippen LogP contribution in [0.4, 0.5) is 11.4 Å². The minimum absolute atomic E-state index is 0.151. The molecule has 1 fully saturated rings. The van der Waals surface area contributed by atoms with E-state index >= 15 is 0 Å². The van der Waals surface area contributed by atoms with Crippen molar-refractivity contribution in [3.05, 3.63) is 23.8 Å². The summed E-state index contributed by atoms with van der Waals surface area (Å²) in [6.45, 7) is 1.43. The second-order valence-electron chi connectivity index (χ2n) is 5.60. The molecule has 1 saturated carbocycles. The van der Waals surface area contributed by atoms with Gasteiger partial charge in [-0.25, -0.2) is 0 Å². The molecule has 3 rings (SSSR count). The van der Waals surface area contributed by atoms with Crippen molar-refractivity contribution in [1.29, 1.82) is 0 Å². The molecule has 1 aromatic rings. The first kappa shape index (κ1) is 11.5. The van der Waals surface area contributed by atoms with E-state index in [9.17, 15) is 4.79 Å². The van der Waals surface area contributed by atoms with E-state index in [4.69, 9.17) is 11.5 Å². The molecule has 96 valence electrons. The SMILES string of the molecule is NCC1(CN2C(=O)Cc3cc(N)ccc32)CCC1. The minimum atomic E-state index is 0.151. The molecule has 1 amide bonds. The molecule has 1 heterocycles. The van der Waals surface area contributed by atoms with Gasteiger partial charge in [0.15, 0.2) is 0 Å². The van der Waals surface area contributed by atoms with Crippen molar-refractivity contribution in [1.82, 2.24) is 0 Å². The lowest BCUT2D eigenvalue weighted by Crippen LogP contribution is -2.48. The highest BCUT2D eigenvalue weighted by Crippen LogP contribution is 2.43. The van der Waals surface area contributed by atoms with Crippen LogP contribution in [0.5, 0.6) is 0 Å². The fourth-order valence-corrected chi connectivity index (χ4v) is 3.02. The maximum atomic E-state index is 12.1. The van der Waals surface area contributed by atoms with Crippen molar-refractivity contribution in [2.45, 2.75) is 25.7 Å². The lowest BCUT2D eigenvalue weighted by atomic mass is 9.68. The summed E-state index contributed by atoms with van der Waals surface area (Å²) >= 11 is 0. The molecule has 4 N–H and O–H groups in total. The zero-order valence-corrected chi connectivity index (χ0v) is 10.5. The fourth-order valence-electron chi connectivity index (χ4n) is 3.02. The molecule has 0 bridgehead atoms. The zero-order chi connectivity index (χ0) is 12.8. The Bertz CT molecular complexity index is 488. The summed E-state index contributed by atoms with van der Waals surface area (Å²) in [4.78, 5) is 14.0. The molecular weight excluding hydrogens is 226 g/mol. The van der Waals surface area contributed by atoms with Crippen molar-refractivity contribution in [2.24, 2.45) is 11.1 Å². The first-order chi connectivity index (χ1) is 8.63. The minimum Gasteiger partial charge on any atom is -0.399 e. The van der Waals surface area contributed by atoms with Crippen LogP contribution in [-0.4, -0.2) is 19.0 Å². The van der Waals surface area contributed by atoms with Gasteiger partial charge in [0.1, 0.15) is 0 Å². The average Bonchev–Trinajstić information content (AvgIpc) is 2.59. The average molecular weight is 245 g/mol. The van der Waals surface area contributed by atoms with E-state index in [1.807, 2.05) is 23.1 Å². The number of hydrogen-bond donors (Lipinski definition) is 2. The highest BCUT2D eigenvalue weighted by atomic mass is 16.2. The van der Waals surface area contributed by atoms with Gasteiger partial charge in [-0.2, -0.15) is 0 Å². The summed E-state index contributed by atoms with van der Waals surface area (Å²) in [5, 5.41) is 0. The molecule has 0 radical (unpaired) electrons. The van der Waals surface area contributed by atoms with E-state index in [1.165, 1.54) is 6.42 Å². The smallest absolute Gasteiger partial charge is 0.231 e. The lowest BCUT2D eigenvalue weighted by Gasteiger charge is -2.43. The van der Waals surface area contributed by atoms with Crippen LogP contribution in [0.2, 0.25) is 0 Å². The second-order valence-corrected chi connectivity index (χ2v) is 5.60. The molecule has 4 nitrogen and oxygen atoms in total. The predicted molar refractivity (Wildman–Crippen MR) is 72.2 cm³/mol. The van der Waals surface area contributed by atoms with Crippen LogP contribution in [-0.2, 0) is 11.2 Å². The topological polar surface area (TPSA) is 72.3 Å². The van der Waals surface area contributed by atoms with Crippen LogP contribution in [0.3, 0.4) is 0 Å². The number of carbonyl (C=O) groups excluding carboxylic acids is 1. The number of fused-ring (bicyclic) bond motifs is 1. The van der Waals surface area contributed by atoms with Gasteiger partial charge in [-0.05, 0) is 43.1 Å². The van der Waals surface area contributed by atoms with Crippen LogP contribution in [0.15, 0.2) is 18.2 Å². The quantitative estimate of drug-likeness (QED) is 0.788. The third-order valence-electron chi connectivity index (χ3n) is 4.38. The van der Waals surface area contributed by atoms with Crippen LogP contribution in [0.25, 0.3) is 0 Å². The zero-order valence-electron chi connectivity index (χ0n) is 10.5. The second kappa shape index (κ2) is 3.99. The Labute approximate surface area is 107 Å². The van der Waals surface area contributed by atoms with E-state index in [0.29, 0.717) is 13.0 Å². The van der Waals surface area contributed by atoms with Crippen LogP contribution < -0.4 is 16.4 Å². The van der Waals surface area contributed by atoms with Crippen molar-refractivity contribution in [3.63, 3.8) is 0 Å². The van der Waals surface area contributed by atoms with Gasteiger partial charge >= 0.3 is 0 Å². The van der Waals surface area contributed by atoms with Crippen molar-refractivity contribution >= 4 is 17.3 Å². The van der Waals surface area contributed by atoms with Crippen molar-refractivity contribution in [2.75, 3.05) is 23.7 Å². The van der Waals surface area contributed by atoms with Gasteiger partial charge in [0.25, 0.3) is 0 Å². The van der Waals surface area contributed by atoms with E-state index in [2.05, 4.69) is 0 Å². The number of amides is 1. The summed E-state index contributed by atoms with van der Waals surface area (Å²) in [6, 6.07) is 5.72. The molecule has 4 heteroatoms. The number of benzene rings is 1. The standard InChI is InChI=1S/C14H19N3O/c15-8-14(4-1-5-14)9-17-12-3-2-11(16)6-10(12)7-13(17)18/h2-3,6H,1,4-5,7-9,15-16H2. The predicted octanol–water partition coefficient (Wildman–Crippen LogP) is 1.29. The third kappa shape index (κ3) is 1.68. The highest BCUT2D eigenvalue weighted by Gasteiger charge is 2.40. The summed E-state index contributed by atoms with van der Waals surface area (Å²) in [5.74, 6) is 0.176. The van der Waals surface area contributed by atoms with Crippen LogP contribution >= 0.6 is 0 Å². The van der Waals surface area contributed by atoms with Gasteiger partial charge in [0.05, 0.1) is 6.42 Å². The number of rotatable bonds is 3. The summed E-state index contributed by atoms with van der Waals surface area (Å²) < 4.78 is 0. The van der Waals surface area contributed by atoms with Crippen LogP contribution in [0, 0.1) is 5.41 Å². The molecule has 0 saturated heterocycles. The lowest BCUT2D eigenvalue weighted by molar-refractivity contribution is -0.117. The first-order valence-corrected chi connectivity index (χ1v) is 6.52. The molecule has 1 aromatic carbocycles. The highest BCUT2D eigenvalue weighted by molar-refractivity contribution is 6.01. The van der Waals surface area contributed by atoms with Crippen molar-refractivity contribution in [3.8, 4) is 0 Å². The number of anilines is 2. The van der Waals surface area contributed by atoms with E-state index < -0.39 is 0 Å².